The van der Waals surface area contributed by atoms with E-state index in [2.05, 4.69) is 15.6 Å². The van der Waals surface area contributed by atoms with Crippen LogP contribution in [0.2, 0.25) is 0 Å². The van der Waals surface area contributed by atoms with Gasteiger partial charge in [0.05, 0.1) is 19.2 Å². The van der Waals surface area contributed by atoms with Gasteiger partial charge in [-0.3, -0.25) is 4.79 Å². The first-order valence-corrected chi connectivity index (χ1v) is 8.37. The van der Waals surface area contributed by atoms with Gasteiger partial charge in [0.1, 0.15) is 5.75 Å². The van der Waals surface area contributed by atoms with Gasteiger partial charge in [-0.25, -0.2) is 4.79 Å². The van der Waals surface area contributed by atoms with Crippen molar-refractivity contribution in [1.82, 2.24) is 15.6 Å². The van der Waals surface area contributed by atoms with E-state index >= 15 is 0 Å². The fourth-order valence-corrected chi connectivity index (χ4v) is 2.64. The first kappa shape index (κ1) is 18.6. The average Bonchev–Trinajstić information content (AvgIpc) is 2.54. The van der Waals surface area contributed by atoms with E-state index in [1.54, 1.807) is 0 Å². The van der Waals surface area contributed by atoms with Gasteiger partial charge in [-0.05, 0) is 57.0 Å². The lowest BCUT2D eigenvalue weighted by Crippen LogP contribution is -2.38. The second-order valence-electron chi connectivity index (χ2n) is 6.00. The van der Waals surface area contributed by atoms with E-state index < -0.39 is 0 Å². The van der Waals surface area contributed by atoms with Crippen LogP contribution in [0.4, 0.5) is 4.79 Å². The lowest BCUT2D eigenvalue weighted by Gasteiger charge is -2.16. The van der Waals surface area contributed by atoms with Crippen molar-refractivity contribution in [2.75, 3.05) is 6.61 Å². The molecule has 1 atom stereocenters. The van der Waals surface area contributed by atoms with Crippen molar-refractivity contribution in [1.29, 1.82) is 0 Å². The Kier molecular flexibility index (Phi) is 6.22. The Bertz CT molecular complexity index is 799. The van der Waals surface area contributed by atoms with Crippen LogP contribution in [-0.4, -0.2) is 17.6 Å². The number of urea groups is 1. The van der Waals surface area contributed by atoms with Gasteiger partial charge in [0, 0.05) is 11.3 Å². The number of carbonyl (C=O) groups is 1. The zero-order valence-electron chi connectivity index (χ0n) is 15.1. The van der Waals surface area contributed by atoms with Gasteiger partial charge in [0.2, 0.25) is 0 Å². The standard InChI is InChI=1S/C19H25N3O3/c1-5-25-16-8-6-7-15(10-16)14(4)22-19(24)20-11-17-12(2)9-13(3)21-18(17)23/h6-10,14H,5,11H2,1-4H3,(H,21,23)(H2,20,22,24)/t14-/m1/s1. The van der Waals surface area contributed by atoms with Gasteiger partial charge in [0.25, 0.3) is 5.56 Å². The third kappa shape index (κ3) is 5.11. The number of rotatable bonds is 6. The molecule has 6 nitrogen and oxygen atoms in total. The van der Waals surface area contributed by atoms with E-state index in [1.165, 1.54) is 0 Å². The molecule has 3 N–H and O–H groups in total. The third-order valence-electron chi connectivity index (χ3n) is 3.94. The molecule has 6 heteroatoms. The fourth-order valence-electron chi connectivity index (χ4n) is 2.64. The molecule has 0 aliphatic heterocycles. The Labute approximate surface area is 147 Å². The largest absolute Gasteiger partial charge is 0.494 e. The molecule has 134 valence electrons. The van der Waals surface area contributed by atoms with Crippen molar-refractivity contribution in [3.8, 4) is 5.75 Å². The third-order valence-corrected chi connectivity index (χ3v) is 3.94. The number of hydrogen-bond donors (Lipinski definition) is 3. The summed E-state index contributed by atoms with van der Waals surface area (Å²) in [4.78, 5) is 26.9. The maximum atomic E-state index is 12.1. The Morgan fingerprint density at radius 2 is 2.04 bits per heavy atom. The lowest BCUT2D eigenvalue weighted by atomic mass is 10.1. The summed E-state index contributed by atoms with van der Waals surface area (Å²) >= 11 is 0. The summed E-state index contributed by atoms with van der Waals surface area (Å²) in [6, 6.07) is 8.99. The zero-order chi connectivity index (χ0) is 18.4. The molecule has 0 aliphatic rings. The van der Waals surface area contributed by atoms with Crippen LogP contribution in [0.15, 0.2) is 35.1 Å². The van der Waals surface area contributed by atoms with Crippen LogP contribution in [0.3, 0.4) is 0 Å². The minimum Gasteiger partial charge on any atom is -0.494 e. The predicted molar refractivity (Wildman–Crippen MR) is 97.9 cm³/mol. The van der Waals surface area contributed by atoms with Crippen molar-refractivity contribution in [3.05, 3.63) is 63.1 Å². The highest BCUT2D eigenvalue weighted by atomic mass is 16.5. The molecule has 0 saturated carbocycles. The number of aryl methyl sites for hydroxylation is 2. The normalized spacial score (nSPS) is 11.7. The maximum Gasteiger partial charge on any atom is 0.315 e. The molecular weight excluding hydrogens is 318 g/mol. The molecule has 0 radical (unpaired) electrons. The molecule has 25 heavy (non-hydrogen) atoms. The van der Waals surface area contributed by atoms with Gasteiger partial charge in [-0.2, -0.15) is 0 Å². The Morgan fingerprint density at radius 1 is 1.28 bits per heavy atom. The summed E-state index contributed by atoms with van der Waals surface area (Å²) in [5.41, 5.74) is 3.00. The van der Waals surface area contributed by atoms with Crippen molar-refractivity contribution < 1.29 is 9.53 Å². The highest BCUT2D eigenvalue weighted by Crippen LogP contribution is 2.19. The number of H-pyrrole nitrogens is 1. The summed E-state index contributed by atoms with van der Waals surface area (Å²) in [6.45, 7) is 8.29. The van der Waals surface area contributed by atoms with Crippen LogP contribution in [0.1, 0.15) is 42.3 Å². The molecule has 0 aliphatic carbocycles. The van der Waals surface area contributed by atoms with E-state index in [0.717, 1.165) is 22.6 Å². The van der Waals surface area contributed by atoms with Crippen LogP contribution in [0.25, 0.3) is 0 Å². The SMILES string of the molecule is CCOc1cccc([C@@H](C)NC(=O)NCc2c(C)cc(C)[nH]c2=O)c1. The summed E-state index contributed by atoms with van der Waals surface area (Å²) in [7, 11) is 0. The molecule has 2 amide bonds. The molecule has 1 aromatic heterocycles. The van der Waals surface area contributed by atoms with E-state index in [0.29, 0.717) is 12.2 Å². The Hall–Kier alpha value is -2.76. The first-order valence-electron chi connectivity index (χ1n) is 8.37. The molecule has 0 spiro atoms. The second-order valence-corrected chi connectivity index (χ2v) is 6.00. The number of carbonyl (C=O) groups excluding carboxylic acids is 1. The van der Waals surface area contributed by atoms with Crippen LogP contribution in [0, 0.1) is 13.8 Å². The van der Waals surface area contributed by atoms with Crippen molar-refractivity contribution in [2.24, 2.45) is 0 Å². The predicted octanol–water partition coefficient (Wildman–Crippen LogP) is 2.95. The number of aromatic nitrogens is 1. The average molecular weight is 343 g/mol. The number of pyridine rings is 1. The molecular formula is C19H25N3O3. The lowest BCUT2D eigenvalue weighted by molar-refractivity contribution is 0.237. The number of nitrogens with one attached hydrogen (secondary N) is 3. The summed E-state index contributed by atoms with van der Waals surface area (Å²) in [5, 5.41) is 5.61. The Morgan fingerprint density at radius 3 is 2.72 bits per heavy atom. The van der Waals surface area contributed by atoms with Gasteiger partial charge in [-0.15, -0.1) is 0 Å². The molecule has 2 aromatic rings. The van der Waals surface area contributed by atoms with Crippen LogP contribution in [0.5, 0.6) is 5.75 Å². The second kappa shape index (κ2) is 8.37. The highest BCUT2D eigenvalue weighted by Gasteiger charge is 2.12. The van der Waals surface area contributed by atoms with Gasteiger partial charge >= 0.3 is 6.03 Å². The van der Waals surface area contributed by atoms with Crippen LogP contribution < -0.4 is 20.9 Å². The number of aromatic amines is 1. The monoisotopic (exact) mass is 343 g/mol. The van der Waals surface area contributed by atoms with Gasteiger partial charge in [0.15, 0.2) is 0 Å². The number of hydrogen-bond acceptors (Lipinski definition) is 3. The quantitative estimate of drug-likeness (QED) is 0.754. The minimum absolute atomic E-state index is 0.171. The van der Waals surface area contributed by atoms with Crippen molar-refractivity contribution in [3.63, 3.8) is 0 Å². The summed E-state index contributed by atoms with van der Waals surface area (Å²) in [6.07, 6.45) is 0. The molecule has 0 bridgehead atoms. The molecule has 0 saturated heterocycles. The first-order chi connectivity index (χ1) is 11.9. The van der Waals surface area contributed by atoms with E-state index in [1.807, 2.05) is 58.0 Å². The molecule has 1 aromatic carbocycles. The Balaban J connectivity index is 1.96. The summed E-state index contributed by atoms with van der Waals surface area (Å²) < 4.78 is 5.48. The van der Waals surface area contributed by atoms with E-state index in [4.69, 9.17) is 4.74 Å². The van der Waals surface area contributed by atoms with Crippen LogP contribution in [-0.2, 0) is 6.54 Å². The van der Waals surface area contributed by atoms with Crippen LogP contribution >= 0.6 is 0 Å². The van der Waals surface area contributed by atoms with Crippen molar-refractivity contribution >= 4 is 6.03 Å². The van der Waals surface area contributed by atoms with Gasteiger partial charge < -0.3 is 20.4 Å². The van der Waals surface area contributed by atoms with Gasteiger partial charge in [-0.1, -0.05) is 12.1 Å². The number of ether oxygens (including phenoxy) is 1. The summed E-state index contributed by atoms with van der Waals surface area (Å²) in [5.74, 6) is 0.774. The minimum atomic E-state index is -0.325. The van der Waals surface area contributed by atoms with E-state index in [9.17, 15) is 9.59 Å². The van der Waals surface area contributed by atoms with E-state index in [-0.39, 0.29) is 24.2 Å². The molecule has 0 fully saturated rings. The molecule has 0 unspecified atom stereocenters. The maximum absolute atomic E-state index is 12.1. The zero-order valence-corrected chi connectivity index (χ0v) is 15.1. The highest BCUT2D eigenvalue weighted by molar-refractivity contribution is 5.74. The molecule has 2 rings (SSSR count). The number of benzene rings is 1. The fraction of sp³-hybridized carbons (Fsp3) is 0.368. The molecule has 1 heterocycles. The van der Waals surface area contributed by atoms with Crippen molar-refractivity contribution in [2.45, 2.75) is 40.3 Å². The number of amides is 2. The smallest absolute Gasteiger partial charge is 0.315 e. The topological polar surface area (TPSA) is 83.2 Å².